The molecule has 7 heteroatoms. The standard InChI is InChI=1S/C20H25N5O2/c1-14-11-21-12-17(23-14)8-9-22-20(27)24-18-10-19(26)25(15(18)2)13-16-6-4-3-5-7-16/h3-7,11-12,15,18H,8-10,13H2,1-2H3,(H2,22,24,27). The molecule has 1 aromatic carbocycles. The summed E-state index contributed by atoms with van der Waals surface area (Å²) in [6.45, 7) is 4.89. The molecule has 2 atom stereocenters. The Hall–Kier alpha value is -2.96. The zero-order valence-electron chi connectivity index (χ0n) is 15.7. The summed E-state index contributed by atoms with van der Waals surface area (Å²) >= 11 is 0. The van der Waals surface area contributed by atoms with Gasteiger partial charge in [0.05, 0.1) is 23.5 Å². The number of benzene rings is 1. The van der Waals surface area contributed by atoms with Crippen molar-refractivity contribution in [3.63, 3.8) is 0 Å². The Kier molecular flexibility index (Phi) is 6.01. The van der Waals surface area contributed by atoms with Crippen LogP contribution in [-0.4, -0.2) is 45.4 Å². The van der Waals surface area contributed by atoms with Crippen molar-refractivity contribution in [3.8, 4) is 0 Å². The van der Waals surface area contributed by atoms with Gasteiger partial charge in [-0.15, -0.1) is 0 Å². The molecular formula is C20H25N5O2. The van der Waals surface area contributed by atoms with E-state index in [2.05, 4.69) is 20.6 Å². The van der Waals surface area contributed by atoms with Crippen LogP contribution in [0.4, 0.5) is 4.79 Å². The molecule has 1 aromatic heterocycles. The zero-order chi connectivity index (χ0) is 19.2. The van der Waals surface area contributed by atoms with Crippen LogP contribution in [0.3, 0.4) is 0 Å². The maximum absolute atomic E-state index is 12.4. The molecule has 1 saturated heterocycles. The Morgan fingerprint density at radius 3 is 2.78 bits per heavy atom. The second-order valence-corrected chi connectivity index (χ2v) is 6.86. The Morgan fingerprint density at radius 2 is 2.04 bits per heavy atom. The maximum Gasteiger partial charge on any atom is 0.315 e. The highest BCUT2D eigenvalue weighted by molar-refractivity contribution is 5.82. The quantitative estimate of drug-likeness (QED) is 0.815. The van der Waals surface area contributed by atoms with Crippen molar-refractivity contribution in [1.29, 1.82) is 0 Å². The summed E-state index contributed by atoms with van der Waals surface area (Å²) in [6, 6.07) is 9.37. The van der Waals surface area contributed by atoms with Crippen LogP contribution in [0.1, 0.15) is 30.3 Å². The first kappa shape index (κ1) is 18.8. The van der Waals surface area contributed by atoms with Gasteiger partial charge in [0.15, 0.2) is 0 Å². The van der Waals surface area contributed by atoms with E-state index in [0.29, 0.717) is 25.9 Å². The minimum atomic E-state index is -0.262. The van der Waals surface area contributed by atoms with E-state index in [1.165, 1.54) is 0 Å². The van der Waals surface area contributed by atoms with Crippen LogP contribution < -0.4 is 10.6 Å². The van der Waals surface area contributed by atoms with Crippen LogP contribution in [0.25, 0.3) is 0 Å². The van der Waals surface area contributed by atoms with E-state index in [1.54, 1.807) is 12.4 Å². The zero-order valence-corrected chi connectivity index (χ0v) is 15.7. The third kappa shape index (κ3) is 5.03. The van der Waals surface area contributed by atoms with Crippen LogP contribution in [0.2, 0.25) is 0 Å². The SMILES string of the molecule is Cc1cncc(CCNC(=O)NC2CC(=O)N(Cc3ccccc3)C2C)n1. The van der Waals surface area contributed by atoms with Gasteiger partial charge in [0, 0.05) is 38.3 Å². The first-order valence-electron chi connectivity index (χ1n) is 9.18. The summed E-state index contributed by atoms with van der Waals surface area (Å²) in [7, 11) is 0. The number of rotatable bonds is 6. The molecule has 2 aromatic rings. The minimum absolute atomic E-state index is 0.0499. The van der Waals surface area contributed by atoms with Gasteiger partial charge in [-0.05, 0) is 19.4 Å². The predicted molar refractivity (Wildman–Crippen MR) is 102 cm³/mol. The van der Waals surface area contributed by atoms with Gasteiger partial charge in [0.25, 0.3) is 0 Å². The molecule has 7 nitrogen and oxygen atoms in total. The van der Waals surface area contributed by atoms with Crippen LogP contribution in [0.15, 0.2) is 42.7 Å². The Labute approximate surface area is 159 Å². The van der Waals surface area contributed by atoms with Gasteiger partial charge in [-0.3, -0.25) is 14.8 Å². The van der Waals surface area contributed by atoms with E-state index in [1.807, 2.05) is 49.1 Å². The third-order valence-corrected chi connectivity index (χ3v) is 4.77. The van der Waals surface area contributed by atoms with Gasteiger partial charge in [-0.2, -0.15) is 0 Å². The van der Waals surface area contributed by atoms with Crippen molar-refractivity contribution in [3.05, 3.63) is 59.7 Å². The van der Waals surface area contributed by atoms with Crippen LogP contribution in [0.5, 0.6) is 0 Å². The molecule has 3 amide bonds. The summed E-state index contributed by atoms with van der Waals surface area (Å²) in [4.78, 5) is 34.8. The van der Waals surface area contributed by atoms with Gasteiger partial charge in [-0.1, -0.05) is 30.3 Å². The number of carbonyl (C=O) groups excluding carboxylic acids is 2. The second-order valence-electron chi connectivity index (χ2n) is 6.86. The molecule has 2 N–H and O–H groups in total. The van der Waals surface area contributed by atoms with Crippen molar-refractivity contribution in [2.24, 2.45) is 0 Å². The second kappa shape index (κ2) is 8.62. The fourth-order valence-electron chi connectivity index (χ4n) is 3.26. The number of urea groups is 1. The molecule has 1 fully saturated rings. The van der Waals surface area contributed by atoms with E-state index in [4.69, 9.17) is 0 Å². The fraction of sp³-hybridized carbons (Fsp3) is 0.400. The molecule has 0 bridgehead atoms. The molecular weight excluding hydrogens is 342 g/mol. The van der Waals surface area contributed by atoms with Gasteiger partial charge in [-0.25, -0.2) is 4.79 Å². The predicted octanol–water partition coefficient (Wildman–Crippen LogP) is 1.82. The van der Waals surface area contributed by atoms with E-state index >= 15 is 0 Å². The first-order valence-corrected chi connectivity index (χ1v) is 9.18. The number of aromatic nitrogens is 2. The summed E-state index contributed by atoms with van der Waals surface area (Å²) in [6.07, 6.45) is 4.33. The molecule has 2 unspecified atom stereocenters. The molecule has 1 aliphatic rings. The number of amides is 3. The van der Waals surface area contributed by atoms with E-state index in [0.717, 1.165) is 17.0 Å². The van der Waals surface area contributed by atoms with Gasteiger partial charge < -0.3 is 15.5 Å². The number of aryl methyl sites for hydroxylation is 1. The Morgan fingerprint density at radius 1 is 1.26 bits per heavy atom. The minimum Gasteiger partial charge on any atom is -0.338 e. The molecule has 0 radical (unpaired) electrons. The highest BCUT2D eigenvalue weighted by atomic mass is 16.2. The number of hydrogen-bond acceptors (Lipinski definition) is 4. The maximum atomic E-state index is 12.4. The van der Waals surface area contributed by atoms with Crippen LogP contribution >= 0.6 is 0 Å². The monoisotopic (exact) mass is 367 g/mol. The highest BCUT2D eigenvalue weighted by Gasteiger charge is 2.37. The number of hydrogen-bond donors (Lipinski definition) is 2. The third-order valence-electron chi connectivity index (χ3n) is 4.77. The average molecular weight is 367 g/mol. The fourth-order valence-corrected chi connectivity index (χ4v) is 3.26. The Bertz CT molecular complexity index is 796. The van der Waals surface area contributed by atoms with Gasteiger partial charge in [0.2, 0.25) is 5.91 Å². The van der Waals surface area contributed by atoms with Crippen molar-refractivity contribution < 1.29 is 9.59 Å². The number of carbonyl (C=O) groups is 2. The lowest BCUT2D eigenvalue weighted by Gasteiger charge is -2.25. The summed E-state index contributed by atoms with van der Waals surface area (Å²) in [5, 5.41) is 5.75. The van der Waals surface area contributed by atoms with Gasteiger partial charge >= 0.3 is 6.03 Å². The molecule has 1 aliphatic heterocycles. The van der Waals surface area contributed by atoms with E-state index in [-0.39, 0.29) is 24.0 Å². The highest BCUT2D eigenvalue weighted by Crippen LogP contribution is 2.21. The lowest BCUT2D eigenvalue weighted by molar-refractivity contribution is -0.129. The molecule has 0 aliphatic carbocycles. The first-order chi connectivity index (χ1) is 13.0. The molecule has 2 heterocycles. The molecule has 0 saturated carbocycles. The van der Waals surface area contributed by atoms with Crippen molar-refractivity contribution >= 4 is 11.9 Å². The van der Waals surface area contributed by atoms with Crippen LogP contribution in [0, 0.1) is 6.92 Å². The molecule has 142 valence electrons. The number of nitrogens with zero attached hydrogens (tertiary/aromatic N) is 3. The van der Waals surface area contributed by atoms with Gasteiger partial charge in [0.1, 0.15) is 0 Å². The van der Waals surface area contributed by atoms with E-state index in [9.17, 15) is 9.59 Å². The van der Waals surface area contributed by atoms with Crippen molar-refractivity contribution in [1.82, 2.24) is 25.5 Å². The van der Waals surface area contributed by atoms with Crippen molar-refractivity contribution in [2.45, 2.75) is 45.3 Å². The summed E-state index contributed by atoms with van der Waals surface area (Å²) in [5.74, 6) is 0.0617. The van der Waals surface area contributed by atoms with Crippen LogP contribution in [-0.2, 0) is 17.8 Å². The number of likely N-dealkylation sites (tertiary alicyclic amines) is 1. The number of nitrogens with one attached hydrogen (secondary N) is 2. The molecule has 3 rings (SSSR count). The normalized spacial score (nSPS) is 19.2. The smallest absolute Gasteiger partial charge is 0.315 e. The van der Waals surface area contributed by atoms with Crippen molar-refractivity contribution in [2.75, 3.05) is 6.54 Å². The Balaban J connectivity index is 1.47. The molecule has 0 spiro atoms. The lowest BCUT2D eigenvalue weighted by Crippen LogP contribution is -2.47. The van der Waals surface area contributed by atoms with E-state index < -0.39 is 0 Å². The largest absolute Gasteiger partial charge is 0.338 e. The lowest BCUT2D eigenvalue weighted by atomic mass is 10.1. The summed E-state index contributed by atoms with van der Waals surface area (Å²) < 4.78 is 0. The summed E-state index contributed by atoms with van der Waals surface area (Å²) in [5.41, 5.74) is 2.78. The molecule has 27 heavy (non-hydrogen) atoms. The topological polar surface area (TPSA) is 87.2 Å². The average Bonchev–Trinajstić information content (AvgIpc) is 2.90.